The molecule has 0 spiro atoms. The first-order chi connectivity index (χ1) is 4.93. The Hall–Kier alpha value is -0.0700. The van der Waals surface area contributed by atoms with E-state index in [4.69, 9.17) is 10.7 Å². The zero-order valence-corrected chi connectivity index (χ0v) is 8.61. The average Bonchev–Trinajstić information content (AvgIpc) is 2.08. The highest BCUT2D eigenvalue weighted by atomic mass is 79.9. The van der Waals surface area contributed by atoms with Gasteiger partial charge >= 0.3 is 0 Å². The lowest BCUT2D eigenvalue weighted by molar-refractivity contribution is 0.589. The van der Waals surface area contributed by atoms with E-state index in [9.17, 15) is 8.42 Å². The molecule has 0 amide bonds. The predicted molar refractivity (Wildman–Crippen MR) is 43.9 cm³/mol. The van der Waals surface area contributed by atoms with E-state index in [1.807, 2.05) is 0 Å². The van der Waals surface area contributed by atoms with Gasteiger partial charge in [0, 0.05) is 17.7 Å². The van der Waals surface area contributed by atoms with Gasteiger partial charge in [-0.3, -0.25) is 4.68 Å². The highest BCUT2D eigenvalue weighted by molar-refractivity contribution is 9.10. The molecule has 11 heavy (non-hydrogen) atoms. The van der Waals surface area contributed by atoms with E-state index in [1.54, 1.807) is 0 Å². The summed E-state index contributed by atoms with van der Waals surface area (Å²) in [5.41, 5.74) is 0. The molecular formula is C4H4BrClN2O2S. The number of rotatable bonds is 1. The maximum Gasteiger partial charge on any atom is 0.279 e. The maximum atomic E-state index is 10.8. The summed E-state index contributed by atoms with van der Waals surface area (Å²) in [5.74, 6) is 0. The van der Waals surface area contributed by atoms with Gasteiger partial charge in [0.25, 0.3) is 9.05 Å². The Morgan fingerprint density at radius 3 is 2.45 bits per heavy atom. The third-order valence-corrected chi connectivity index (χ3v) is 3.30. The first-order valence-electron chi connectivity index (χ1n) is 2.55. The van der Waals surface area contributed by atoms with E-state index >= 15 is 0 Å². The van der Waals surface area contributed by atoms with Crippen LogP contribution in [0, 0.1) is 0 Å². The van der Waals surface area contributed by atoms with E-state index in [0.29, 0.717) is 4.47 Å². The van der Waals surface area contributed by atoms with Gasteiger partial charge in [-0.1, -0.05) is 0 Å². The van der Waals surface area contributed by atoms with E-state index in [-0.39, 0.29) is 5.03 Å². The van der Waals surface area contributed by atoms with Crippen molar-refractivity contribution in [1.82, 2.24) is 9.78 Å². The first-order valence-corrected chi connectivity index (χ1v) is 5.65. The number of nitrogens with zero attached hydrogens (tertiary/aromatic N) is 2. The van der Waals surface area contributed by atoms with Crippen molar-refractivity contribution >= 4 is 35.7 Å². The van der Waals surface area contributed by atoms with Gasteiger partial charge in [-0.25, -0.2) is 8.42 Å². The molecule has 0 aromatic carbocycles. The van der Waals surface area contributed by atoms with Crippen LogP contribution in [-0.4, -0.2) is 18.2 Å². The summed E-state index contributed by atoms with van der Waals surface area (Å²) in [6.07, 6.45) is 1.37. The third-order valence-electron chi connectivity index (χ3n) is 1.07. The summed E-state index contributed by atoms with van der Waals surface area (Å²) in [6, 6.07) is 0. The Morgan fingerprint density at radius 2 is 2.27 bits per heavy atom. The normalized spacial score (nSPS) is 11.9. The summed E-state index contributed by atoms with van der Waals surface area (Å²) >= 11 is 3.01. The molecule has 62 valence electrons. The lowest BCUT2D eigenvalue weighted by Crippen LogP contribution is -2.01. The van der Waals surface area contributed by atoms with Crippen molar-refractivity contribution in [1.29, 1.82) is 0 Å². The molecule has 0 saturated heterocycles. The molecule has 0 aliphatic carbocycles. The summed E-state index contributed by atoms with van der Waals surface area (Å²) in [6.45, 7) is 0. The molecule has 0 fully saturated rings. The van der Waals surface area contributed by atoms with Gasteiger partial charge in [-0.05, 0) is 15.9 Å². The summed E-state index contributed by atoms with van der Waals surface area (Å²) in [4.78, 5) is 0. The molecule has 0 aliphatic heterocycles. The fourth-order valence-corrected chi connectivity index (χ4v) is 3.14. The van der Waals surface area contributed by atoms with Crippen molar-refractivity contribution in [3.8, 4) is 0 Å². The molecule has 1 heterocycles. The zero-order chi connectivity index (χ0) is 8.65. The molecule has 1 rings (SSSR count). The van der Waals surface area contributed by atoms with Gasteiger partial charge in [-0.15, -0.1) is 0 Å². The number of hydrogen-bond donors (Lipinski definition) is 0. The highest BCUT2D eigenvalue weighted by Crippen LogP contribution is 2.23. The van der Waals surface area contributed by atoms with Gasteiger partial charge < -0.3 is 0 Å². The maximum absolute atomic E-state index is 10.8. The van der Waals surface area contributed by atoms with Gasteiger partial charge in [0.05, 0.1) is 10.7 Å². The van der Waals surface area contributed by atoms with Crippen molar-refractivity contribution < 1.29 is 8.42 Å². The Balaban J connectivity index is 3.45. The summed E-state index contributed by atoms with van der Waals surface area (Å²) < 4.78 is 23.2. The van der Waals surface area contributed by atoms with Crippen molar-refractivity contribution in [3.63, 3.8) is 0 Å². The number of hydrogen-bond acceptors (Lipinski definition) is 3. The van der Waals surface area contributed by atoms with Crippen molar-refractivity contribution in [3.05, 3.63) is 10.7 Å². The molecule has 0 N–H and O–H groups in total. The minimum absolute atomic E-state index is 0.0285. The topological polar surface area (TPSA) is 52.0 Å². The molecule has 0 saturated carbocycles. The number of halogens is 2. The van der Waals surface area contributed by atoms with Crippen LogP contribution in [0.2, 0.25) is 0 Å². The molecule has 0 radical (unpaired) electrons. The number of aromatic nitrogens is 2. The molecule has 0 unspecified atom stereocenters. The second kappa shape index (κ2) is 2.76. The Labute approximate surface area is 76.7 Å². The second-order valence-corrected chi connectivity index (χ2v) is 5.19. The summed E-state index contributed by atoms with van der Waals surface area (Å²) in [5, 5.41) is 3.66. The van der Waals surface area contributed by atoms with Gasteiger partial charge in [0.1, 0.15) is 0 Å². The minimum atomic E-state index is -3.70. The monoisotopic (exact) mass is 258 g/mol. The van der Waals surface area contributed by atoms with Crippen molar-refractivity contribution in [2.75, 3.05) is 0 Å². The molecule has 1 aromatic rings. The van der Waals surface area contributed by atoms with Gasteiger partial charge in [0.15, 0.2) is 5.03 Å². The first kappa shape index (κ1) is 9.02. The quantitative estimate of drug-likeness (QED) is 0.710. The largest absolute Gasteiger partial charge is 0.279 e. The second-order valence-electron chi connectivity index (χ2n) is 1.86. The summed E-state index contributed by atoms with van der Waals surface area (Å²) in [7, 11) is 2.90. The van der Waals surface area contributed by atoms with Crippen LogP contribution in [0.25, 0.3) is 0 Å². The van der Waals surface area contributed by atoms with Crippen LogP contribution in [0.15, 0.2) is 15.7 Å². The van der Waals surface area contributed by atoms with Crippen LogP contribution in [0.3, 0.4) is 0 Å². The Bertz CT molecular complexity index is 352. The fourth-order valence-electron chi connectivity index (χ4n) is 0.674. The molecule has 0 atom stereocenters. The minimum Gasteiger partial charge on any atom is -0.255 e. The van der Waals surface area contributed by atoms with Crippen molar-refractivity contribution in [2.45, 2.75) is 5.03 Å². The van der Waals surface area contributed by atoms with Crippen molar-refractivity contribution in [2.24, 2.45) is 7.05 Å². The molecule has 1 aromatic heterocycles. The molecule has 0 aliphatic rings. The third kappa shape index (κ3) is 1.74. The Morgan fingerprint density at radius 1 is 1.73 bits per heavy atom. The SMILES string of the molecule is Cn1ncc(Br)c1S(=O)(=O)Cl. The smallest absolute Gasteiger partial charge is 0.255 e. The van der Waals surface area contributed by atoms with Crippen LogP contribution in [-0.2, 0) is 16.1 Å². The highest BCUT2D eigenvalue weighted by Gasteiger charge is 2.18. The predicted octanol–water partition coefficient (Wildman–Crippen LogP) is 1.11. The van der Waals surface area contributed by atoms with Gasteiger partial charge in [-0.2, -0.15) is 5.10 Å². The van der Waals surface area contributed by atoms with Crippen LogP contribution in [0.4, 0.5) is 0 Å². The standard InChI is InChI=1S/C4H4BrClN2O2S/c1-8-4(11(6,9)10)3(5)2-7-8/h2H,1H3. The van der Waals surface area contributed by atoms with Crippen LogP contribution >= 0.6 is 26.6 Å². The van der Waals surface area contributed by atoms with E-state index in [2.05, 4.69) is 21.0 Å². The van der Waals surface area contributed by atoms with Crippen LogP contribution in [0.5, 0.6) is 0 Å². The fraction of sp³-hybridized carbons (Fsp3) is 0.250. The average molecular weight is 260 g/mol. The lowest BCUT2D eigenvalue weighted by atomic mass is 10.7. The van der Waals surface area contributed by atoms with E-state index in [0.717, 1.165) is 0 Å². The molecule has 0 bridgehead atoms. The lowest BCUT2D eigenvalue weighted by Gasteiger charge is -1.95. The van der Waals surface area contributed by atoms with E-state index < -0.39 is 9.05 Å². The molecule has 4 nitrogen and oxygen atoms in total. The number of aryl methyl sites for hydroxylation is 1. The Kier molecular flexibility index (Phi) is 2.27. The molecular weight excluding hydrogens is 255 g/mol. The van der Waals surface area contributed by atoms with Crippen LogP contribution < -0.4 is 0 Å². The zero-order valence-electron chi connectivity index (χ0n) is 5.45. The van der Waals surface area contributed by atoms with Crippen LogP contribution in [0.1, 0.15) is 0 Å². The van der Waals surface area contributed by atoms with E-state index in [1.165, 1.54) is 17.9 Å². The van der Waals surface area contributed by atoms with Gasteiger partial charge in [0.2, 0.25) is 0 Å². The molecule has 7 heteroatoms.